The molecule has 3 heterocycles. The van der Waals surface area contributed by atoms with E-state index in [0.717, 1.165) is 0 Å². The van der Waals surface area contributed by atoms with E-state index in [0.29, 0.717) is 26.7 Å². The molecule has 0 atom stereocenters. The third-order valence-electron chi connectivity index (χ3n) is 4.13. The van der Waals surface area contributed by atoms with Gasteiger partial charge >= 0.3 is 0 Å². The van der Waals surface area contributed by atoms with Crippen LogP contribution in [0.4, 0.5) is 9.52 Å². The number of carbonyl (C=O) groups is 1. The van der Waals surface area contributed by atoms with Gasteiger partial charge in [0.1, 0.15) is 22.0 Å². The summed E-state index contributed by atoms with van der Waals surface area (Å²) >= 11 is 1.20. The van der Waals surface area contributed by atoms with Gasteiger partial charge < -0.3 is 0 Å². The highest BCUT2D eigenvalue weighted by molar-refractivity contribution is 7.15. The van der Waals surface area contributed by atoms with Gasteiger partial charge in [0, 0.05) is 17.1 Å². The molecule has 0 aliphatic carbocycles. The molecule has 9 heteroatoms. The first-order chi connectivity index (χ1) is 13.5. The van der Waals surface area contributed by atoms with Crippen molar-refractivity contribution in [2.24, 2.45) is 0 Å². The first-order valence-electron chi connectivity index (χ1n) is 8.36. The number of carbonyl (C=O) groups excluding carboxylic acids is 1. The Balaban J connectivity index is 1.82. The molecule has 140 valence electrons. The summed E-state index contributed by atoms with van der Waals surface area (Å²) < 4.78 is 15.4. The quantitative estimate of drug-likeness (QED) is 0.574. The molecule has 0 radical (unpaired) electrons. The lowest BCUT2D eigenvalue weighted by molar-refractivity contribution is 0.102. The molecule has 0 aliphatic heterocycles. The molecule has 3 aromatic heterocycles. The number of nitrogens with zero attached hydrogens (tertiary/aromatic N) is 4. The Morgan fingerprint density at radius 3 is 2.79 bits per heavy atom. The van der Waals surface area contributed by atoms with Crippen LogP contribution in [0.1, 0.15) is 20.9 Å². The molecular weight excluding hydrogens is 381 g/mol. The number of hydrogen-bond donors (Lipinski definition) is 1. The number of rotatable bonds is 4. The van der Waals surface area contributed by atoms with Crippen LogP contribution in [0, 0.1) is 12.7 Å². The van der Waals surface area contributed by atoms with Crippen LogP contribution >= 0.6 is 11.3 Å². The fourth-order valence-corrected chi connectivity index (χ4v) is 3.41. The number of benzene rings is 1. The molecule has 0 spiro atoms. The maximum Gasteiger partial charge on any atom is 0.265 e. The molecule has 0 saturated carbocycles. The number of nitrogens with one attached hydrogen (secondary N) is 1. The molecule has 1 N–H and O–H groups in total. The first kappa shape index (κ1) is 17.9. The number of fused-ring (bicyclic) bond motifs is 1. The molecule has 28 heavy (non-hydrogen) atoms. The molecular formula is C19H14FN5O2S. The van der Waals surface area contributed by atoms with Crippen molar-refractivity contribution < 1.29 is 9.18 Å². The van der Waals surface area contributed by atoms with Gasteiger partial charge in [-0.3, -0.25) is 19.5 Å². The number of anilines is 1. The third-order valence-corrected chi connectivity index (χ3v) is 4.88. The van der Waals surface area contributed by atoms with E-state index in [1.807, 2.05) is 0 Å². The fourth-order valence-electron chi connectivity index (χ4n) is 2.82. The summed E-state index contributed by atoms with van der Waals surface area (Å²) in [5.41, 5.74) is 0.0609. The van der Waals surface area contributed by atoms with Crippen molar-refractivity contribution in [3.63, 3.8) is 0 Å². The summed E-state index contributed by atoms with van der Waals surface area (Å²) in [5.74, 6) is -1.04. The maximum absolute atomic E-state index is 14.1. The molecule has 0 fully saturated rings. The van der Waals surface area contributed by atoms with Crippen molar-refractivity contribution in [1.29, 1.82) is 0 Å². The van der Waals surface area contributed by atoms with Crippen LogP contribution in [-0.4, -0.2) is 25.7 Å². The Morgan fingerprint density at radius 2 is 2.04 bits per heavy atom. The summed E-state index contributed by atoms with van der Waals surface area (Å²) in [6, 6.07) is 11.1. The third kappa shape index (κ3) is 3.39. The SMILES string of the molecule is Cc1nnc(NC(=O)c2cc3cccnc3n(Cc3ccccc3F)c2=O)s1. The zero-order valence-electron chi connectivity index (χ0n) is 14.7. The number of aryl methyl sites for hydroxylation is 1. The number of hydrogen-bond acceptors (Lipinski definition) is 6. The normalized spacial score (nSPS) is 10.9. The lowest BCUT2D eigenvalue weighted by Gasteiger charge is -2.12. The smallest absolute Gasteiger partial charge is 0.265 e. The zero-order valence-corrected chi connectivity index (χ0v) is 15.5. The second kappa shape index (κ2) is 7.28. The van der Waals surface area contributed by atoms with Gasteiger partial charge in [0.05, 0.1) is 6.54 Å². The fraction of sp³-hybridized carbons (Fsp3) is 0.105. The number of halogens is 1. The molecule has 0 unspecified atom stereocenters. The largest absolute Gasteiger partial charge is 0.296 e. The van der Waals surface area contributed by atoms with Gasteiger partial charge in [-0.2, -0.15) is 0 Å². The Kier molecular flexibility index (Phi) is 4.66. The predicted molar refractivity (Wildman–Crippen MR) is 104 cm³/mol. The van der Waals surface area contributed by atoms with Gasteiger partial charge in [-0.05, 0) is 31.2 Å². The van der Waals surface area contributed by atoms with Crippen LogP contribution in [0.2, 0.25) is 0 Å². The minimum absolute atomic E-state index is 0.0436. The number of aromatic nitrogens is 4. The average molecular weight is 395 g/mol. The Hall–Kier alpha value is -3.46. The molecule has 7 nitrogen and oxygen atoms in total. The lowest BCUT2D eigenvalue weighted by Crippen LogP contribution is -2.30. The number of pyridine rings is 2. The first-order valence-corrected chi connectivity index (χ1v) is 9.18. The lowest BCUT2D eigenvalue weighted by atomic mass is 10.1. The second-order valence-corrected chi connectivity index (χ2v) is 7.22. The van der Waals surface area contributed by atoms with E-state index in [1.165, 1.54) is 28.0 Å². The van der Waals surface area contributed by atoms with Crippen molar-refractivity contribution in [1.82, 2.24) is 19.7 Å². The van der Waals surface area contributed by atoms with Gasteiger partial charge in [0.15, 0.2) is 0 Å². The van der Waals surface area contributed by atoms with Crippen LogP contribution < -0.4 is 10.9 Å². The summed E-state index contributed by atoms with van der Waals surface area (Å²) in [5, 5.41) is 11.8. The molecule has 1 aromatic carbocycles. The van der Waals surface area contributed by atoms with E-state index < -0.39 is 17.3 Å². The molecule has 4 aromatic rings. The molecule has 0 aliphatic rings. The van der Waals surface area contributed by atoms with Gasteiger partial charge in [0.2, 0.25) is 5.13 Å². The van der Waals surface area contributed by atoms with E-state index >= 15 is 0 Å². The summed E-state index contributed by atoms with van der Waals surface area (Å²) in [7, 11) is 0. The van der Waals surface area contributed by atoms with Crippen molar-refractivity contribution in [3.05, 3.63) is 81.0 Å². The summed E-state index contributed by atoms with van der Waals surface area (Å²) in [4.78, 5) is 30.0. The number of amides is 1. The van der Waals surface area contributed by atoms with Crippen molar-refractivity contribution in [3.8, 4) is 0 Å². The Morgan fingerprint density at radius 1 is 1.21 bits per heavy atom. The Bertz CT molecular complexity index is 1250. The van der Waals surface area contributed by atoms with E-state index in [1.54, 1.807) is 43.5 Å². The average Bonchev–Trinajstić information content (AvgIpc) is 3.09. The van der Waals surface area contributed by atoms with E-state index in [9.17, 15) is 14.0 Å². The highest BCUT2D eigenvalue weighted by atomic mass is 32.1. The van der Waals surface area contributed by atoms with Gasteiger partial charge in [-0.25, -0.2) is 9.37 Å². The van der Waals surface area contributed by atoms with Crippen molar-refractivity contribution >= 4 is 33.4 Å². The minimum atomic E-state index is -0.603. The van der Waals surface area contributed by atoms with Crippen LogP contribution in [0.25, 0.3) is 11.0 Å². The standard InChI is InChI=1S/C19H14FN5O2S/c1-11-23-24-19(28-11)22-17(26)14-9-12-6-4-8-21-16(12)25(18(14)27)10-13-5-2-3-7-15(13)20/h2-9H,10H2,1H3,(H,22,24,26). The summed E-state index contributed by atoms with van der Waals surface area (Å²) in [6.07, 6.45) is 1.55. The second-order valence-electron chi connectivity index (χ2n) is 6.04. The maximum atomic E-state index is 14.1. The molecule has 4 rings (SSSR count). The van der Waals surface area contributed by atoms with Crippen molar-refractivity contribution in [2.45, 2.75) is 13.5 Å². The van der Waals surface area contributed by atoms with Gasteiger partial charge in [-0.15, -0.1) is 10.2 Å². The zero-order chi connectivity index (χ0) is 19.7. The van der Waals surface area contributed by atoms with Gasteiger partial charge in [-0.1, -0.05) is 29.5 Å². The van der Waals surface area contributed by atoms with Crippen LogP contribution in [-0.2, 0) is 6.54 Å². The summed E-state index contributed by atoms with van der Waals surface area (Å²) in [6.45, 7) is 1.72. The minimum Gasteiger partial charge on any atom is -0.296 e. The predicted octanol–water partition coefficient (Wildman–Crippen LogP) is 3.00. The van der Waals surface area contributed by atoms with E-state index in [-0.39, 0.29) is 12.1 Å². The van der Waals surface area contributed by atoms with Crippen LogP contribution in [0.5, 0.6) is 0 Å². The van der Waals surface area contributed by atoms with E-state index in [2.05, 4.69) is 20.5 Å². The van der Waals surface area contributed by atoms with Gasteiger partial charge in [0.25, 0.3) is 11.5 Å². The Labute approximate surface area is 162 Å². The molecule has 1 amide bonds. The van der Waals surface area contributed by atoms with Crippen LogP contribution in [0.15, 0.2) is 53.5 Å². The van der Waals surface area contributed by atoms with Crippen LogP contribution in [0.3, 0.4) is 0 Å². The monoisotopic (exact) mass is 395 g/mol. The highest BCUT2D eigenvalue weighted by Crippen LogP contribution is 2.17. The highest BCUT2D eigenvalue weighted by Gasteiger charge is 2.18. The van der Waals surface area contributed by atoms with E-state index in [4.69, 9.17) is 0 Å². The molecule has 0 bridgehead atoms. The topological polar surface area (TPSA) is 89.8 Å². The molecule has 0 saturated heterocycles. The van der Waals surface area contributed by atoms with Crippen molar-refractivity contribution in [2.75, 3.05) is 5.32 Å².